The summed E-state index contributed by atoms with van der Waals surface area (Å²) < 4.78 is 0. The molecule has 1 aliphatic rings. The van der Waals surface area contributed by atoms with Gasteiger partial charge in [0.2, 0.25) is 0 Å². The van der Waals surface area contributed by atoms with Crippen molar-refractivity contribution >= 4 is 0 Å². The Morgan fingerprint density at radius 2 is 1.47 bits per heavy atom. The SMILES string of the molecule is CCC.CCCN(CC)C1(CCC)CC1. The molecule has 0 aromatic rings. The molecule has 0 bridgehead atoms. The molecule has 15 heavy (non-hydrogen) atoms. The second-order valence-corrected chi connectivity index (χ2v) is 4.76. The average molecular weight is 213 g/mol. The molecule has 1 aliphatic carbocycles. The molecular weight excluding hydrogens is 182 g/mol. The lowest BCUT2D eigenvalue weighted by atomic mass is 10.1. The molecule has 0 saturated heterocycles. The van der Waals surface area contributed by atoms with E-state index in [9.17, 15) is 0 Å². The Kier molecular flexibility index (Phi) is 8.13. The Balaban J connectivity index is 0.000000583. The largest absolute Gasteiger partial charge is 0.298 e. The molecule has 0 spiro atoms. The van der Waals surface area contributed by atoms with Crippen LogP contribution in [-0.4, -0.2) is 23.5 Å². The van der Waals surface area contributed by atoms with Crippen LogP contribution in [0, 0.1) is 0 Å². The van der Waals surface area contributed by atoms with E-state index in [1.165, 1.54) is 51.6 Å². The molecule has 0 unspecified atom stereocenters. The van der Waals surface area contributed by atoms with Crippen molar-refractivity contribution in [3.63, 3.8) is 0 Å². The van der Waals surface area contributed by atoms with Gasteiger partial charge >= 0.3 is 0 Å². The fraction of sp³-hybridized carbons (Fsp3) is 1.00. The molecule has 0 aliphatic heterocycles. The zero-order valence-corrected chi connectivity index (χ0v) is 11.6. The van der Waals surface area contributed by atoms with Crippen molar-refractivity contribution < 1.29 is 0 Å². The molecule has 1 saturated carbocycles. The van der Waals surface area contributed by atoms with Crippen molar-refractivity contribution in [3.8, 4) is 0 Å². The van der Waals surface area contributed by atoms with E-state index in [0.29, 0.717) is 5.54 Å². The molecule has 1 rings (SSSR count). The van der Waals surface area contributed by atoms with Crippen LogP contribution in [0.2, 0.25) is 0 Å². The second-order valence-electron chi connectivity index (χ2n) is 4.76. The first-order valence-electron chi connectivity index (χ1n) is 6.95. The quantitative estimate of drug-likeness (QED) is 0.629. The highest BCUT2D eigenvalue weighted by Gasteiger charge is 2.45. The maximum Gasteiger partial charge on any atom is 0.0210 e. The third-order valence-electron chi connectivity index (χ3n) is 3.09. The van der Waals surface area contributed by atoms with Gasteiger partial charge in [-0.2, -0.15) is 0 Å². The molecule has 1 nitrogen and oxygen atoms in total. The fourth-order valence-electron chi connectivity index (χ4n) is 2.33. The minimum Gasteiger partial charge on any atom is -0.298 e. The maximum absolute atomic E-state index is 2.69. The summed E-state index contributed by atoms with van der Waals surface area (Å²) in [6.07, 6.45) is 8.23. The molecule has 0 aromatic carbocycles. The van der Waals surface area contributed by atoms with Crippen LogP contribution in [0.5, 0.6) is 0 Å². The van der Waals surface area contributed by atoms with Crippen LogP contribution in [-0.2, 0) is 0 Å². The van der Waals surface area contributed by atoms with Gasteiger partial charge in [0.1, 0.15) is 0 Å². The van der Waals surface area contributed by atoms with E-state index in [0.717, 1.165) is 0 Å². The lowest BCUT2D eigenvalue weighted by Gasteiger charge is -2.30. The Morgan fingerprint density at radius 3 is 1.73 bits per heavy atom. The van der Waals surface area contributed by atoms with Gasteiger partial charge in [-0.15, -0.1) is 0 Å². The molecule has 0 amide bonds. The van der Waals surface area contributed by atoms with Gasteiger partial charge in [-0.3, -0.25) is 4.90 Å². The van der Waals surface area contributed by atoms with Gasteiger partial charge in [0.05, 0.1) is 0 Å². The highest BCUT2D eigenvalue weighted by Crippen LogP contribution is 2.45. The topological polar surface area (TPSA) is 3.24 Å². The summed E-state index contributed by atoms with van der Waals surface area (Å²) >= 11 is 0. The maximum atomic E-state index is 2.69. The van der Waals surface area contributed by atoms with E-state index in [1.807, 2.05) is 0 Å². The third-order valence-corrected chi connectivity index (χ3v) is 3.09. The first-order valence-corrected chi connectivity index (χ1v) is 6.95. The summed E-state index contributed by atoms with van der Waals surface area (Å²) in [5, 5.41) is 0. The molecule has 1 heteroatoms. The molecular formula is C14H31N. The van der Waals surface area contributed by atoms with Crippen molar-refractivity contribution in [2.45, 2.75) is 78.7 Å². The number of nitrogens with zero attached hydrogens (tertiary/aromatic N) is 1. The van der Waals surface area contributed by atoms with Crippen molar-refractivity contribution in [2.75, 3.05) is 13.1 Å². The summed E-state index contributed by atoms with van der Waals surface area (Å²) in [7, 11) is 0. The standard InChI is InChI=1S/C11H23N.C3H8/c1-4-7-11(8-9-11)12(6-3)10-5-2;1-3-2/h4-10H2,1-3H3;3H2,1-2H3. The third kappa shape index (κ3) is 5.01. The van der Waals surface area contributed by atoms with Gasteiger partial charge in [-0.1, -0.05) is 47.5 Å². The summed E-state index contributed by atoms with van der Waals surface area (Å²) in [6, 6.07) is 0. The van der Waals surface area contributed by atoms with Crippen LogP contribution in [0.15, 0.2) is 0 Å². The second kappa shape index (κ2) is 8.15. The van der Waals surface area contributed by atoms with Crippen LogP contribution in [0.4, 0.5) is 0 Å². The van der Waals surface area contributed by atoms with E-state index in [-0.39, 0.29) is 0 Å². The Labute approximate surface area is 97.2 Å². The van der Waals surface area contributed by atoms with Crippen molar-refractivity contribution in [2.24, 2.45) is 0 Å². The molecule has 1 fully saturated rings. The Hall–Kier alpha value is -0.0400. The fourth-order valence-corrected chi connectivity index (χ4v) is 2.33. The predicted molar refractivity (Wildman–Crippen MR) is 70.4 cm³/mol. The zero-order chi connectivity index (χ0) is 11.7. The lowest BCUT2D eigenvalue weighted by Crippen LogP contribution is -2.37. The molecule has 0 N–H and O–H groups in total. The van der Waals surface area contributed by atoms with Gasteiger partial charge in [0.25, 0.3) is 0 Å². The number of hydrogen-bond donors (Lipinski definition) is 0. The summed E-state index contributed by atoms with van der Waals surface area (Å²) in [6.45, 7) is 13.7. The molecule has 0 radical (unpaired) electrons. The summed E-state index contributed by atoms with van der Waals surface area (Å²) in [4.78, 5) is 2.69. The van der Waals surface area contributed by atoms with Gasteiger partial charge < -0.3 is 0 Å². The van der Waals surface area contributed by atoms with E-state index in [2.05, 4.69) is 39.5 Å². The summed E-state index contributed by atoms with van der Waals surface area (Å²) in [5.41, 5.74) is 0.652. The summed E-state index contributed by atoms with van der Waals surface area (Å²) in [5.74, 6) is 0. The molecule has 92 valence electrons. The number of hydrogen-bond acceptors (Lipinski definition) is 1. The minimum atomic E-state index is 0.652. The van der Waals surface area contributed by atoms with Gasteiger partial charge in [0.15, 0.2) is 0 Å². The molecule has 0 atom stereocenters. The normalized spacial score (nSPS) is 17.2. The zero-order valence-electron chi connectivity index (χ0n) is 11.6. The van der Waals surface area contributed by atoms with E-state index >= 15 is 0 Å². The Morgan fingerprint density at radius 1 is 0.933 bits per heavy atom. The highest BCUT2D eigenvalue weighted by molar-refractivity contribution is 5.02. The van der Waals surface area contributed by atoms with Crippen molar-refractivity contribution in [3.05, 3.63) is 0 Å². The number of rotatable bonds is 6. The van der Waals surface area contributed by atoms with Gasteiger partial charge in [0, 0.05) is 5.54 Å². The van der Waals surface area contributed by atoms with Crippen LogP contribution in [0.1, 0.15) is 73.1 Å². The van der Waals surface area contributed by atoms with Crippen molar-refractivity contribution in [1.29, 1.82) is 0 Å². The Bertz CT molecular complexity index is 138. The molecule has 0 heterocycles. The predicted octanol–water partition coefficient (Wildman–Crippen LogP) is 4.47. The highest BCUT2D eigenvalue weighted by atomic mass is 15.2. The van der Waals surface area contributed by atoms with Gasteiger partial charge in [-0.05, 0) is 38.8 Å². The smallest absolute Gasteiger partial charge is 0.0210 e. The van der Waals surface area contributed by atoms with Crippen LogP contribution in [0.25, 0.3) is 0 Å². The first-order chi connectivity index (χ1) is 7.20. The van der Waals surface area contributed by atoms with E-state index in [4.69, 9.17) is 0 Å². The van der Waals surface area contributed by atoms with Crippen LogP contribution in [0.3, 0.4) is 0 Å². The monoisotopic (exact) mass is 213 g/mol. The van der Waals surface area contributed by atoms with Crippen molar-refractivity contribution in [1.82, 2.24) is 4.90 Å². The van der Waals surface area contributed by atoms with Crippen LogP contribution < -0.4 is 0 Å². The average Bonchev–Trinajstić information content (AvgIpc) is 2.97. The van der Waals surface area contributed by atoms with Gasteiger partial charge in [-0.25, -0.2) is 0 Å². The van der Waals surface area contributed by atoms with Crippen LogP contribution >= 0.6 is 0 Å². The lowest BCUT2D eigenvalue weighted by molar-refractivity contribution is 0.175. The minimum absolute atomic E-state index is 0.652. The molecule has 0 aromatic heterocycles. The first kappa shape index (κ1) is 15.0. The van der Waals surface area contributed by atoms with E-state index in [1.54, 1.807) is 0 Å². The van der Waals surface area contributed by atoms with E-state index < -0.39 is 0 Å².